The molecule has 3 nitrogen and oxygen atoms in total. The van der Waals surface area contributed by atoms with Gasteiger partial charge in [-0.25, -0.2) is 4.39 Å². The molecule has 0 unspecified atom stereocenters. The van der Waals surface area contributed by atoms with E-state index in [1.54, 1.807) is 12.1 Å². The third-order valence-corrected chi connectivity index (χ3v) is 3.09. The Hall–Kier alpha value is -1.53. The highest BCUT2D eigenvalue weighted by molar-refractivity contribution is 7.80. The van der Waals surface area contributed by atoms with Gasteiger partial charge in [0.2, 0.25) is 0 Å². The summed E-state index contributed by atoms with van der Waals surface area (Å²) in [6.45, 7) is 0. The lowest BCUT2D eigenvalue weighted by molar-refractivity contribution is 0.628. The van der Waals surface area contributed by atoms with E-state index in [9.17, 15) is 4.39 Å². The lowest BCUT2D eigenvalue weighted by Gasteiger charge is -2.02. The molecule has 1 heterocycles. The third-order valence-electron chi connectivity index (χ3n) is 2.05. The molecule has 1 aromatic carbocycles. The Morgan fingerprint density at radius 2 is 2.12 bits per heavy atom. The number of thiocarbonyl (C=S) groups is 1. The summed E-state index contributed by atoms with van der Waals surface area (Å²) < 4.78 is 14.6. The second kappa shape index (κ2) is 5.20. The van der Waals surface area contributed by atoms with Gasteiger partial charge in [-0.3, -0.25) is 0 Å². The molecule has 2 aromatic rings. The summed E-state index contributed by atoms with van der Waals surface area (Å²) in [6, 6.07) is 5.98. The van der Waals surface area contributed by atoms with Gasteiger partial charge < -0.3 is 9.88 Å². The predicted molar refractivity (Wildman–Crippen MR) is 71.5 cm³/mol. The molecule has 0 bridgehead atoms. The lowest BCUT2D eigenvalue weighted by Crippen LogP contribution is -2.15. The smallest absolute Gasteiger partial charge is 0.199 e. The van der Waals surface area contributed by atoms with Crippen molar-refractivity contribution in [2.45, 2.75) is 0 Å². The van der Waals surface area contributed by atoms with E-state index in [0.717, 1.165) is 10.5 Å². The maximum atomic E-state index is 12.7. The predicted octanol–water partition coefficient (Wildman–Crippen LogP) is 2.52. The van der Waals surface area contributed by atoms with Crippen molar-refractivity contribution in [3.63, 3.8) is 0 Å². The first-order valence-electron chi connectivity index (χ1n) is 4.86. The van der Waals surface area contributed by atoms with Gasteiger partial charge in [0.1, 0.15) is 5.82 Å². The summed E-state index contributed by atoms with van der Waals surface area (Å²) in [7, 11) is 1.90. The molecule has 0 atom stereocenters. The molecule has 0 aliphatic heterocycles. The fraction of sp³-hybridized carbons (Fsp3) is 0.0909. The van der Waals surface area contributed by atoms with Crippen molar-refractivity contribution in [1.82, 2.24) is 4.57 Å². The number of anilines is 1. The van der Waals surface area contributed by atoms with E-state index < -0.39 is 0 Å². The molecule has 0 amide bonds. The van der Waals surface area contributed by atoms with Crippen molar-refractivity contribution >= 4 is 34.4 Å². The van der Waals surface area contributed by atoms with Crippen LogP contribution >= 0.6 is 23.6 Å². The van der Waals surface area contributed by atoms with Gasteiger partial charge >= 0.3 is 0 Å². The number of aryl methyl sites for hydroxylation is 1. The van der Waals surface area contributed by atoms with Crippen LogP contribution in [0.15, 0.2) is 40.8 Å². The van der Waals surface area contributed by atoms with E-state index >= 15 is 0 Å². The van der Waals surface area contributed by atoms with Gasteiger partial charge in [-0.15, -0.1) is 11.3 Å². The van der Waals surface area contributed by atoms with Crippen molar-refractivity contribution < 1.29 is 4.39 Å². The number of thiazole rings is 1. The van der Waals surface area contributed by atoms with Gasteiger partial charge in [0.25, 0.3) is 0 Å². The summed E-state index contributed by atoms with van der Waals surface area (Å²) in [6.07, 6.45) is 1.91. The molecular formula is C11H10FN3S2. The molecular weight excluding hydrogens is 257 g/mol. The summed E-state index contributed by atoms with van der Waals surface area (Å²) in [5.41, 5.74) is 0.722. The molecule has 0 aliphatic rings. The van der Waals surface area contributed by atoms with Gasteiger partial charge in [-0.05, 0) is 36.5 Å². The molecule has 6 heteroatoms. The Morgan fingerprint density at radius 3 is 2.71 bits per heavy atom. The van der Waals surface area contributed by atoms with E-state index in [4.69, 9.17) is 12.2 Å². The number of hydrogen-bond donors (Lipinski definition) is 1. The van der Waals surface area contributed by atoms with Crippen LogP contribution in [0.3, 0.4) is 0 Å². The lowest BCUT2D eigenvalue weighted by atomic mass is 10.3. The highest BCUT2D eigenvalue weighted by atomic mass is 32.1. The van der Waals surface area contributed by atoms with Gasteiger partial charge in [0.15, 0.2) is 9.91 Å². The molecule has 17 heavy (non-hydrogen) atoms. The van der Waals surface area contributed by atoms with E-state index in [2.05, 4.69) is 10.3 Å². The average molecular weight is 267 g/mol. The van der Waals surface area contributed by atoms with Crippen molar-refractivity contribution in [1.29, 1.82) is 0 Å². The van der Waals surface area contributed by atoms with E-state index in [1.807, 2.05) is 23.2 Å². The van der Waals surface area contributed by atoms with Gasteiger partial charge in [0, 0.05) is 24.3 Å². The molecule has 0 aliphatic carbocycles. The average Bonchev–Trinajstić information content (AvgIpc) is 2.68. The van der Waals surface area contributed by atoms with Crippen LogP contribution in [0.5, 0.6) is 0 Å². The van der Waals surface area contributed by atoms with Gasteiger partial charge in [-0.1, -0.05) is 0 Å². The Balaban J connectivity index is 2.13. The molecule has 0 saturated heterocycles. The summed E-state index contributed by atoms with van der Waals surface area (Å²) in [5, 5.41) is 5.21. The maximum Gasteiger partial charge on any atom is 0.199 e. The maximum absolute atomic E-state index is 12.7. The molecule has 2 rings (SSSR count). The van der Waals surface area contributed by atoms with Crippen LogP contribution in [-0.2, 0) is 7.05 Å². The van der Waals surface area contributed by atoms with Crippen molar-refractivity contribution in [2.75, 3.05) is 5.32 Å². The molecule has 1 aromatic heterocycles. The fourth-order valence-electron chi connectivity index (χ4n) is 1.21. The standard InChI is InChI=1S/C11H10FN3S2/c1-15-6-7-17-11(15)14-10(16)13-9-4-2-8(12)3-5-9/h2-7H,1H3,(H,13,16). The first kappa shape index (κ1) is 11.9. The van der Waals surface area contributed by atoms with Crippen LogP contribution in [0.4, 0.5) is 10.1 Å². The van der Waals surface area contributed by atoms with Gasteiger partial charge in [-0.2, -0.15) is 4.99 Å². The van der Waals surface area contributed by atoms with E-state index in [0.29, 0.717) is 5.11 Å². The minimum Gasteiger partial charge on any atom is -0.331 e. The number of hydrogen-bond acceptors (Lipinski definition) is 2. The van der Waals surface area contributed by atoms with Crippen LogP contribution in [-0.4, -0.2) is 9.68 Å². The van der Waals surface area contributed by atoms with Crippen LogP contribution in [0.25, 0.3) is 0 Å². The number of nitrogens with zero attached hydrogens (tertiary/aromatic N) is 2. The normalized spacial score (nSPS) is 11.5. The number of benzene rings is 1. The fourth-order valence-corrected chi connectivity index (χ4v) is 2.20. The summed E-state index contributed by atoms with van der Waals surface area (Å²) in [4.78, 5) is 5.05. The third kappa shape index (κ3) is 3.21. The first-order chi connectivity index (χ1) is 8.15. The Labute approximate surface area is 107 Å². The topological polar surface area (TPSA) is 29.3 Å². The van der Waals surface area contributed by atoms with Crippen LogP contribution in [0.1, 0.15) is 0 Å². The number of aromatic nitrogens is 1. The van der Waals surface area contributed by atoms with Crippen LogP contribution in [0.2, 0.25) is 0 Å². The number of halogens is 1. The molecule has 88 valence electrons. The number of rotatable bonds is 1. The first-order valence-corrected chi connectivity index (χ1v) is 6.15. The zero-order valence-electron chi connectivity index (χ0n) is 9.05. The van der Waals surface area contributed by atoms with Crippen molar-refractivity contribution in [2.24, 2.45) is 12.0 Å². The quantitative estimate of drug-likeness (QED) is 0.805. The Bertz CT molecular complexity index is 583. The molecule has 0 saturated carbocycles. The number of nitrogens with one attached hydrogen (secondary N) is 1. The molecule has 0 radical (unpaired) electrons. The molecule has 1 N–H and O–H groups in total. The summed E-state index contributed by atoms with van der Waals surface area (Å²) >= 11 is 6.60. The van der Waals surface area contributed by atoms with Crippen molar-refractivity contribution in [3.8, 4) is 0 Å². The minimum atomic E-state index is -0.275. The second-order valence-electron chi connectivity index (χ2n) is 3.35. The van der Waals surface area contributed by atoms with E-state index in [-0.39, 0.29) is 5.82 Å². The van der Waals surface area contributed by atoms with Crippen LogP contribution in [0, 0.1) is 5.82 Å². The summed E-state index contributed by atoms with van der Waals surface area (Å²) in [5.74, 6) is -0.275. The SMILES string of the molecule is Cn1ccsc1=NC(=S)Nc1ccc(F)cc1. The Kier molecular flexibility index (Phi) is 3.65. The van der Waals surface area contributed by atoms with E-state index in [1.165, 1.54) is 23.5 Å². The van der Waals surface area contributed by atoms with Crippen LogP contribution < -0.4 is 10.1 Å². The highest BCUT2D eigenvalue weighted by Gasteiger charge is 1.97. The largest absolute Gasteiger partial charge is 0.331 e. The zero-order valence-corrected chi connectivity index (χ0v) is 10.7. The van der Waals surface area contributed by atoms with Crippen molar-refractivity contribution in [3.05, 3.63) is 46.5 Å². The molecule has 0 spiro atoms. The zero-order chi connectivity index (χ0) is 12.3. The molecule has 0 fully saturated rings. The Morgan fingerprint density at radius 1 is 1.41 bits per heavy atom. The monoisotopic (exact) mass is 267 g/mol. The highest BCUT2D eigenvalue weighted by Crippen LogP contribution is 2.08. The second-order valence-corrected chi connectivity index (χ2v) is 4.61. The minimum absolute atomic E-state index is 0.275. The van der Waals surface area contributed by atoms with Gasteiger partial charge in [0.05, 0.1) is 0 Å².